The maximum Gasteiger partial charge on any atom is 0.167 e. The van der Waals surface area contributed by atoms with Crippen LogP contribution >= 0.6 is 0 Å². The lowest BCUT2D eigenvalue weighted by Crippen LogP contribution is -2.22. The van der Waals surface area contributed by atoms with Gasteiger partial charge in [0.1, 0.15) is 0 Å². The molecule has 1 aromatic carbocycles. The molecule has 0 saturated heterocycles. The Morgan fingerprint density at radius 2 is 2.06 bits per heavy atom. The van der Waals surface area contributed by atoms with Gasteiger partial charge >= 0.3 is 0 Å². The van der Waals surface area contributed by atoms with Crippen LogP contribution in [-0.2, 0) is 9.84 Å². The summed E-state index contributed by atoms with van der Waals surface area (Å²) in [6, 6.07) is 4.42. The van der Waals surface area contributed by atoms with Crippen molar-refractivity contribution >= 4 is 15.5 Å². The molecule has 0 fully saturated rings. The highest BCUT2D eigenvalue weighted by atomic mass is 32.2. The van der Waals surface area contributed by atoms with E-state index in [4.69, 9.17) is 4.74 Å². The number of methoxy groups -OCH3 is 1. The van der Waals surface area contributed by atoms with Gasteiger partial charge in [-0.3, -0.25) is 0 Å². The first-order valence-corrected chi connectivity index (χ1v) is 7.37. The number of ether oxygens (including phenoxy) is 1. The summed E-state index contributed by atoms with van der Waals surface area (Å²) < 4.78 is 41.3. The maximum absolute atomic E-state index is 13.4. The van der Waals surface area contributed by atoms with Gasteiger partial charge in [-0.25, -0.2) is 12.8 Å². The lowest BCUT2D eigenvalue weighted by atomic mass is 10.3. The Hall–Kier alpha value is -1.30. The van der Waals surface area contributed by atoms with Crippen LogP contribution in [-0.4, -0.2) is 33.1 Å². The van der Waals surface area contributed by atoms with Crippen LogP contribution in [0.1, 0.15) is 13.8 Å². The minimum absolute atomic E-state index is 0.0261. The van der Waals surface area contributed by atoms with Gasteiger partial charge in [-0.2, -0.15) is 0 Å². The minimum Gasteiger partial charge on any atom is -0.494 e. The van der Waals surface area contributed by atoms with Crippen LogP contribution in [0.25, 0.3) is 0 Å². The molecule has 0 heterocycles. The molecule has 0 aliphatic rings. The summed E-state index contributed by atoms with van der Waals surface area (Å²) in [5.41, 5.74) is 0.534. The van der Waals surface area contributed by atoms with Crippen molar-refractivity contribution in [3.05, 3.63) is 24.0 Å². The summed E-state index contributed by atoms with van der Waals surface area (Å²) >= 11 is 0. The van der Waals surface area contributed by atoms with Gasteiger partial charge < -0.3 is 10.1 Å². The molecule has 1 N–H and O–H groups in total. The summed E-state index contributed by atoms with van der Waals surface area (Å²) in [4.78, 5) is 0. The fraction of sp³-hybridized carbons (Fsp3) is 0.500. The van der Waals surface area contributed by atoms with Crippen molar-refractivity contribution < 1.29 is 17.5 Å². The van der Waals surface area contributed by atoms with Gasteiger partial charge in [-0.05, 0) is 26.0 Å². The Bertz CT molecular complexity index is 500. The Morgan fingerprint density at radius 1 is 1.39 bits per heavy atom. The van der Waals surface area contributed by atoms with Crippen molar-refractivity contribution in [1.29, 1.82) is 0 Å². The number of halogens is 1. The molecule has 0 bridgehead atoms. The highest BCUT2D eigenvalue weighted by Gasteiger charge is 2.15. The molecule has 0 aliphatic carbocycles. The van der Waals surface area contributed by atoms with Crippen LogP contribution in [0.3, 0.4) is 0 Å². The number of sulfone groups is 1. The van der Waals surface area contributed by atoms with Crippen molar-refractivity contribution in [3.8, 4) is 5.75 Å². The number of anilines is 1. The van der Waals surface area contributed by atoms with Gasteiger partial charge in [-0.15, -0.1) is 0 Å². The standard InChI is InChI=1S/C12H18FNO3S/c1-9(2)18(15,16)7-6-14-10-4-5-12(17-3)11(13)8-10/h4-5,8-9,14H,6-7H2,1-3H3. The van der Waals surface area contributed by atoms with E-state index in [1.165, 1.54) is 19.2 Å². The average Bonchev–Trinajstić information content (AvgIpc) is 2.29. The third-order valence-corrected chi connectivity index (χ3v) is 4.80. The smallest absolute Gasteiger partial charge is 0.167 e. The average molecular weight is 275 g/mol. The largest absolute Gasteiger partial charge is 0.494 e. The molecule has 0 unspecified atom stereocenters. The molecule has 102 valence electrons. The molecular formula is C12H18FNO3S. The number of hydrogen-bond acceptors (Lipinski definition) is 4. The summed E-state index contributed by atoms with van der Waals surface area (Å²) in [5, 5.41) is 2.48. The van der Waals surface area contributed by atoms with Crippen LogP contribution < -0.4 is 10.1 Å². The molecule has 4 nitrogen and oxygen atoms in total. The molecule has 1 rings (SSSR count). The van der Waals surface area contributed by atoms with Gasteiger partial charge in [0.15, 0.2) is 21.4 Å². The van der Waals surface area contributed by atoms with E-state index in [0.717, 1.165) is 0 Å². The first-order chi connectivity index (χ1) is 8.36. The highest BCUT2D eigenvalue weighted by molar-refractivity contribution is 7.92. The second-order valence-corrected chi connectivity index (χ2v) is 6.87. The fourth-order valence-electron chi connectivity index (χ4n) is 1.35. The number of nitrogens with one attached hydrogen (secondary N) is 1. The normalized spacial score (nSPS) is 11.6. The molecule has 0 spiro atoms. The summed E-state index contributed by atoms with van der Waals surface area (Å²) in [6.45, 7) is 3.54. The number of hydrogen-bond donors (Lipinski definition) is 1. The predicted octanol–water partition coefficient (Wildman–Crippen LogP) is 2.07. The topological polar surface area (TPSA) is 55.4 Å². The lowest BCUT2D eigenvalue weighted by Gasteiger charge is -2.10. The van der Waals surface area contributed by atoms with Crippen LogP contribution in [0.4, 0.5) is 10.1 Å². The molecule has 0 radical (unpaired) electrons. The second-order valence-electron chi connectivity index (χ2n) is 4.19. The summed E-state index contributed by atoms with van der Waals surface area (Å²) in [6.07, 6.45) is 0. The third-order valence-electron chi connectivity index (χ3n) is 2.59. The van der Waals surface area contributed by atoms with Crippen molar-refractivity contribution in [2.75, 3.05) is 24.7 Å². The van der Waals surface area contributed by atoms with E-state index >= 15 is 0 Å². The first-order valence-electron chi connectivity index (χ1n) is 5.66. The van der Waals surface area contributed by atoms with Crippen molar-refractivity contribution in [2.45, 2.75) is 19.1 Å². The van der Waals surface area contributed by atoms with E-state index in [9.17, 15) is 12.8 Å². The number of benzene rings is 1. The molecule has 0 aliphatic heterocycles. The quantitative estimate of drug-likeness (QED) is 0.863. The second kappa shape index (κ2) is 6.04. The van der Waals surface area contributed by atoms with Gasteiger partial charge in [0.25, 0.3) is 0 Å². The number of rotatable bonds is 6. The Balaban J connectivity index is 2.57. The van der Waals surface area contributed by atoms with Gasteiger partial charge in [0.2, 0.25) is 0 Å². The molecule has 1 aromatic rings. The van der Waals surface area contributed by atoms with Crippen LogP contribution in [0.15, 0.2) is 18.2 Å². The van der Waals surface area contributed by atoms with Crippen LogP contribution in [0, 0.1) is 5.82 Å². The van der Waals surface area contributed by atoms with Gasteiger partial charge in [-0.1, -0.05) is 0 Å². The fourth-order valence-corrected chi connectivity index (χ4v) is 2.21. The van der Waals surface area contributed by atoms with E-state index < -0.39 is 20.9 Å². The predicted molar refractivity (Wildman–Crippen MR) is 70.4 cm³/mol. The van der Waals surface area contributed by atoms with Crippen LogP contribution in [0.5, 0.6) is 5.75 Å². The molecule has 18 heavy (non-hydrogen) atoms. The Morgan fingerprint density at radius 3 is 2.56 bits per heavy atom. The van der Waals surface area contributed by atoms with Crippen molar-refractivity contribution in [1.82, 2.24) is 0 Å². The van der Waals surface area contributed by atoms with Crippen molar-refractivity contribution in [2.24, 2.45) is 0 Å². The lowest BCUT2D eigenvalue weighted by molar-refractivity contribution is 0.386. The third kappa shape index (κ3) is 3.87. The van der Waals surface area contributed by atoms with E-state index in [1.54, 1.807) is 19.9 Å². The Kier molecular flexibility index (Phi) is 4.95. The molecule has 0 saturated carbocycles. The maximum atomic E-state index is 13.4. The SMILES string of the molecule is COc1ccc(NCCS(=O)(=O)C(C)C)cc1F. The molecule has 0 aromatic heterocycles. The zero-order valence-electron chi connectivity index (χ0n) is 10.7. The molecule has 0 atom stereocenters. The van der Waals surface area contributed by atoms with Gasteiger partial charge in [0, 0.05) is 18.3 Å². The van der Waals surface area contributed by atoms with E-state index in [1.807, 2.05) is 0 Å². The van der Waals surface area contributed by atoms with E-state index in [0.29, 0.717) is 5.69 Å². The highest BCUT2D eigenvalue weighted by Crippen LogP contribution is 2.20. The summed E-state index contributed by atoms with van der Waals surface area (Å²) in [5.74, 6) is -0.289. The van der Waals surface area contributed by atoms with Crippen LogP contribution in [0.2, 0.25) is 0 Å². The molecular weight excluding hydrogens is 257 g/mol. The van der Waals surface area contributed by atoms with E-state index in [-0.39, 0.29) is 18.0 Å². The monoisotopic (exact) mass is 275 g/mol. The minimum atomic E-state index is -3.07. The molecule has 6 heteroatoms. The summed E-state index contributed by atoms with van der Waals surface area (Å²) in [7, 11) is -1.68. The zero-order chi connectivity index (χ0) is 13.8. The Labute approximate surface area is 107 Å². The van der Waals surface area contributed by atoms with Crippen molar-refractivity contribution in [3.63, 3.8) is 0 Å². The zero-order valence-corrected chi connectivity index (χ0v) is 11.6. The van der Waals surface area contributed by atoms with E-state index in [2.05, 4.69) is 5.32 Å². The first kappa shape index (κ1) is 14.8. The molecule has 0 amide bonds. The van der Waals surface area contributed by atoms with Gasteiger partial charge in [0.05, 0.1) is 18.1 Å².